The average molecular weight is 335 g/mol. The van der Waals surface area contributed by atoms with Crippen LogP contribution in [0.5, 0.6) is 5.75 Å². The molecule has 0 aliphatic heterocycles. The number of carbonyl (C=O) groups is 1. The molecular formula is C16H12F3N3O2. The molecule has 0 bridgehead atoms. The van der Waals surface area contributed by atoms with Gasteiger partial charge in [-0.3, -0.25) is 9.48 Å². The summed E-state index contributed by atoms with van der Waals surface area (Å²) in [5.41, 5.74) is 3.49. The van der Waals surface area contributed by atoms with E-state index in [2.05, 4.69) is 5.10 Å². The molecule has 1 heterocycles. The zero-order valence-electron chi connectivity index (χ0n) is 12.4. The number of phenolic OH excluding ortho intramolecular Hbond substituents is 1. The lowest BCUT2D eigenvalue weighted by atomic mass is 9.98. The Bertz CT molecular complexity index is 961. The number of aromatic hydroxyl groups is 1. The number of aryl methyl sites for hydroxylation is 1. The minimum Gasteiger partial charge on any atom is -0.508 e. The molecule has 1 amide bonds. The summed E-state index contributed by atoms with van der Waals surface area (Å²) in [7, 11) is 1.23. The topological polar surface area (TPSA) is 81.1 Å². The monoisotopic (exact) mass is 335 g/mol. The first-order chi connectivity index (χ1) is 11.2. The molecule has 5 nitrogen and oxygen atoms in total. The second-order valence-corrected chi connectivity index (χ2v) is 5.30. The molecule has 0 fully saturated rings. The van der Waals surface area contributed by atoms with Gasteiger partial charge in [0.2, 0.25) is 0 Å². The predicted octanol–water partition coefficient (Wildman–Crippen LogP) is 3.06. The molecule has 3 N–H and O–H groups in total. The Labute approximate surface area is 134 Å². The Hall–Kier alpha value is -3.03. The van der Waals surface area contributed by atoms with Crippen molar-refractivity contribution in [3.05, 3.63) is 47.8 Å². The Balaban J connectivity index is 2.34. The van der Waals surface area contributed by atoms with Crippen molar-refractivity contribution in [1.29, 1.82) is 0 Å². The molecule has 0 aliphatic rings. The van der Waals surface area contributed by atoms with E-state index in [-0.39, 0.29) is 22.6 Å². The van der Waals surface area contributed by atoms with E-state index in [9.17, 15) is 23.1 Å². The van der Waals surface area contributed by atoms with E-state index in [0.29, 0.717) is 5.39 Å². The van der Waals surface area contributed by atoms with Crippen molar-refractivity contribution >= 4 is 16.7 Å². The average Bonchev–Trinajstić information content (AvgIpc) is 2.84. The summed E-state index contributed by atoms with van der Waals surface area (Å²) in [6.07, 6.45) is -4.74. The Morgan fingerprint density at radius 1 is 1.17 bits per heavy atom. The van der Waals surface area contributed by atoms with Gasteiger partial charge in [0, 0.05) is 12.6 Å². The lowest BCUT2D eigenvalue weighted by Crippen LogP contribution is -2.16. The Morgan fingerprint density at radius 3 is 2.46 bits per heavy atom. The number of amides is 1. The number of aromatic nitrogens is 2. The molecule has 1 aromatic heterocycles. The van der Waals surface area contributed by atoms with E-state index in [4.69, 9.17) is 5.73 Å². The van der Waals surface area contributed by atoms with Gasteiger partial charge in [0.25, 0.3) is 5.91 Å². The summed E-state index contributed by atoms with van der Waals surface area (Å²) in [4.78, 5) is 11.6. The molecule has 2 aromatic carbocycles. The highest BCUT2D eigenvalue weighted by molar-refractivity contribution is 6.00. The van der Waals surface area contributed by atoms with Gasteiger partial charge >= 0.3 is 6.18 Å². The lowest BCUT2D eigenvalue weighted by molar-refractivity contribution is -0.140. The van der Waals surface area contributed by atoms with E-state index >= 15 is 0 Å². The SMILES string of the molecule is Cn1nc(C(F)(F)F)c(-c2ccc3ccc(O)cc3c2)c1C(N)=O. The van der Waals surface area contributed by atoms with Crippen molar-refractivity contribution in [2.75, 3.05) is 0 Å². The van der Waals surface area contributed by atoms with Gasteiger partial charge in [-0.2, -0.15) is 18.3 Å². The van der Waals surface area contributed by atoms with Crippen molar-refractivity contribution in [3.63, 3.8) is 0 Å². The second kappa shape index (κ2) is 5.26. The number of rotatable bonds is 2. The lowest BCUT2D eigenvalue weighted by Gasteiger charge is -2.09. The smallest absolute Gasteiger partial charge is 0.435 e. The fraction of sp³-hybridized carbons (Fsp3) is 0.125. The summed E-state index contributed by atoms with van der Waals surface area (Å²) in [6, 6.07) is 9.04. The summed E-state index contributed by atoms with van der Waals surface area (Å²) >= 11 is 0. The number of benzene rings is 2. The van der Waals surface area contributed by atoms with Gasteiger partial charge in [-0.25, -0.2) is 0 Å². The molecule has 0 saturated carbocycles. The third-order valence-corrected chi connectivity index (χ3v) is 3.66. The highest BCUT2D eigenvalue weighted by Gasteiger charge is 2.40. The van der Waals surface area contributed by atoms with Crippen molar-refractivity contribution < 1.29 is 23.1 Å². The van der Waals surface area contributed by atoms with Gasteiger partial charge in [0.15, 0.2) is 5.69 Å². The number of phenols is 1. The quantitative estimate of drug-likeness (QED) is 0.755. The molecule has 0 atom stereocenters. The summed E-state index contributed by atoms with van der Waals surface area (Å²) in [5, 5.41) is 14.2. The maximum absolute atomic E-state index is 13.3. The molecule has 0 radical (unpaired) electrons. The van der Waals surface area contributed by atoms with Crippen LogP contribution >= 0.6 is 0 Å². The van der Waals surface area contributed by atoms with Crippen LogP contribution in [0.1, 0.15) is 16.2 Å². The number of fused-ring (bicyclic) bond motifs is 1. The van der Waals surface area contributed by atoms with E-state index in [1.165, 1.54) is 31.3 Å². The van der Waals surface area contributed by atoms with E-state index in [0.717, 1.165) is 10.1 Å². The van der Waals surface area contributed by atoms with Gasteiger partial charge in [0.05, 0.1) is 0 Å². The number of nitrogens with two attached hydrogens (primary N) is 1. The van der Waals surface area contributed by atoms with Gasteiger partial charge < -0.3 is 10.8 Å². The van der Waals surface area contributed by atoms with Crippen LogP contribution < -0.4 is 5.73 Å². The molecule has 124 valence electrons. The van der Waals surface area contributed by atoms with Crippen molar-refractivity contribution in [2.24, 2.45) is 12.8 Å². The van der Waals surface area contributed by atoms with Crippen LogP contribution in [0.25, 0.3) is 21.9 Å². The van der Waals surface area contributed by atoms with Crippen LogP contribution in [0.3, 0.4) is 0 Å². The van der Waals surface area contributed by atoms with Crippen LogP contribution in [-0.4, -0.2) is 20.8 Å². The molecular weight excluding hydrogens is 323 g/mol. The Kier molecular flexibility index (Phi) is 3.47. The summed E-state index contributed by atoms with van der Waals surface area (Å²) in [6.45, 7) is 0. The second-order valence-electron chi connectivity index (χ2n) is 5.30. The van der Waals surface area contributed by atoms with Crippen molar-refractivity contribution in [3.8, 4) is 16.9 Å². The molecule has 0 unspecified atom stereocenters. The third-order valence-electron chi connectivity index (χ3n) is 3.66. The van der Waals surface area contributed by atoms with E-state index in [1.807, 2.05) is 0 Å². The highest BCUT2D eigenvalue weighted by atomic mass is 19.4. The standard InChI is InChI=1S/C16H12F3N3O2/c1-22-13(15(20)24)12(14(21-22)16(17,18)19)9-3-2-8-4-5-11(23)7-10(8)6-9/h2-7,23H,1H3,(H2,20,24). The first-order valence-corrected chi connectivity index (χ1v) is 6.85. The minimum atomic E-state index is -4.74. The fourth-order valence-corrected chi connectivity index (χ4v) is 2.67. The number of primary amides is 1. The van der Waals surface area contributed by atoms with Crippen LogP contribution in [0.15, 0.2) is 36.4 Å². The fourth-order valence-electron chi connectivity index (χ4n) is 2.67. The predicted molar refractivity (Wildman–Crippen MR) is 81.3 cm³/mol. The van der Waals surface area contributed by atoms with Gasteiger partial charge in [-0.15, -0.1) is 0 Å². The summed E-state index contributed by atoms with van der Waals surface area (Å²) < 4.78 is 40.7. The first kappa shape index (κ1) is 15.9. The van der Waals surface area contributed by atoms with Crippen LogP contribution in [0, 0.1) is 0 Å². The molecule has 0 spiro atoms. The molecule has 0 aliphatic carbocycles. The normalized spacial score (nSPS) is 11.8. The van der Waals surface area contributed by atoms with Gasteiger partial charge in [-0.1, -0.05) is 18.2 Å². The van der Waals surface area contributed by atoms with Crippen LogP contribution in [0.4, 0.5) is 13.2 Å². The Morgan fingerprint density at radius 2 is 1.83 bits per heavy atom. The van der Waals surface area contributed by atoms with E-state index < -0.39 is 17.8 Å². The van der Waals surface area contributed by atoms with Gasteiger partial charge in [-0.05, 0) is 34.5 Å². The number of hydrogen-bond donors (Lipinski definition) is 2. The molecule has 0 saturated heterocycles. The first-order valence-electron chi connectivity index (χ1n) is 6.85. The van der Waals surface area contributed by atoms with Crippen LogP contribution in [0.2, 0.25) is 0 Å². The zero-order chi connectivity index (χ0) is 17.6. The third kappa shape index (κ3) is 2.55. The highest BCUT2D eigenvalue weighted by Crippen LogP contribution is 2.39. The van der Waals surface area contributed by atoms with Crippen LogP contribution in [-0.2, 0) is 13.2 Å². The number of halogens is 3. The number of nitrogens with zero attached hydrogens (tertiary/aromatic N) is 2. The zero-order valence-corrected chi connectivity index (χ0v) is 12.4. The minimum absolute atomic E-state index is 0.0167. The number of alkyl halides is 3. The summed E-state index contributed by atoms with van der Waals surface area (Å²) in [5.74, 6) is -1.02. The van der Waals surface area contributed by atoms with Crippen molar-refractivity contribution in [2.45, 2.75) is 6.18 Å². The van der Waals surface area contributed by atoms with Crippen molar-refractivity contribution in [1.82, 2.24) is 9.78 Å². The molecule has 8 heteroatoms. The molecule has 3 aromatic rings. The van der Waals surface area contributed by atoms with Gasteiger partial charge in [0.1, 0.15) is 11.4 Å². The largest absolute Gasteiger partial charge is 0.508 e. The molecule has 3 rings (SSSR count). The molecule has 24 heavy (non-hydrogen) atoms. The van der Waals surface area contributed by atoms with E-state index in [1.54, 1.807) is 12.1 Å². The number of carbonyl (C=O) groups excluding carboxylic acids is 1. The maximum atomic E-state index is 13.3. The number of hydrogen-bond acceptors (Lipinski definition) is 3. The maximum Gasteiger partial charge on any atom is 0.435 e.